The van der Waals surface area contributed by atoms with E-state index in [0.29, 0.717) is 18.5 Å². The van der Waals surface area contributed by atoms with Crippen molar-refractivity contribution in [2.75, 3.05) is 13.7 Å². The van der Waals surface area contributed by atoms with Crippen molar-refractivity contribution in [2.45, 2.75) is 32.2 Å². The Hall–Kier alpha value is -1.91. The summed E-state index contributed by atoms with van der Waals surface area (Å²) in [6, 6.07) is 4.09. The summed E-state index contributed by atoms with van der Waals surface area (Å²) in [7, 11) is 1.30. The second-order valence-corrected chi connectivity index (χ2v) is 4.97. The number of carbonyl (C=O) groups excluding carboxylic acids is 2. The topological polar surface area (TPSA) is 46.6 Å². The molecule has 0 N–H and O–H groups in total. The van der Waals surface area contributed by atoms with Gasteiger partial charge in [-0.25, -0.2) is 9.18 Å². The third-order valence-corrected chi connectivity index (χ3v) is 3.66. The number of likely N-dealkylation sites (tertiary alicyclic amines) is 1. The second-order valence-electron chi connectivity index (χ2n) is 4.97. The molecule has 1 aromatic carbocycles. The predicted molar refractivity (Wildman–Crippen MR) is 71.8 cm³/mol. The number of carbonyl (C=O) groups is 2. The van der Waals surface area contributed by atoms with Crippen LogP contribution in [0.15, 0.2) is 18.2 Å². The van der Waals surface area contributed by atoms with Crippen LogP contribution >= 0.6 is 0 Å². The third-order valence-electron chi connectivity index (χ3n) is 3.66. The van der Waals surface area contributed by atoms with Crippen LogP contribution in [-0.2, 0) is 9.53 Å². The van der Waals surface area contributed by atoms with Crippen molar-refractivity contribution in [3.8, 4) is 0 Å². The van der Waals surface area contributed by atoms with Crippen molar-refractivity contribution in [3.05, 3.63) is 35.1 Å². The first kappa shape index (κ1) is 14.5. The fraction of sp³-hybridized carbons (Fsp3) is 0.467. The summed E-state index contributed by atoms with van der Waals surface area (Å²) in [6.45, 7) is 2.06. The van der Waals surface area contributed by atoms with Gasteiger partial charge in [-0.05, 0) is 37.8 Å². The highest BCUT2D eigenvalue weighted by Crippen LogP contribution is 2.22. The quantitative estimate of drug-likeness (QED) is 0.780. The molecule has 4 nitrogen and oxygen atoms in total. The molecule has 1 aliphatic rings. The Kier molecular flexibility index (Phi) is 4.37. The number of halogens is 1. The van der Waals surface area contributed by atoms with Crippen molar-refractivity contribution in [1.29, 1.82) is 0 Å². The van der Waals surface area contributed by atoms with Crippen LogP contribution in [0.4, 0.5) is 4.39 Å². The number of rotatable bonds is 2. The van der Waals surface area contributed by atoms with E-state index < -0.39 is 23.7 Å². The minimum Gasteiger partial charge on any atom is -0.467 e. The van der Waals surface area contributed by atoms with E-state index in [1.807, 2.05) is 0 Å². The molecule has 0 spiro atoms. The van der Waals surface area contributed by atoms with Gasteiger partial charge in [0.25, 0.3) is 5.91 Å². The van der Waals surface area contributed by atoms with Gasteiger partial charge in [-0.2, -0.15) is 0 Å². The van der Waals surface area contributed by atoms with E-state index in [4.69, 9.17) is 4.74 Å². The Morgan fingerprint density at radius 2 is 2.10 bits per heavy atom. The maximum atomic E-state index is 14.1. The van der Waals surface area contributed by atoms with E-state index in [0.717, 1.165) is 12.8 Å². The highest BCUT2D eigenvalue weighted by molar-refractivity contribution is 5.97. The van der Waals surface area contributed by atoms with Gasteiger partial charge in [-0.15, -0.1) is 0 Å². The maximum absolute atomic E-state index is 14.1. The zero-order valence-electron chi connectivity index (χ0n) is 11.7. The van der Waals surface area contributed by atoms with Gasteiger partial charge in [0.1, 0.15) is 11.9 Å². The average Bonchev–Trinajstić information content (AvgIpc) is 2.48. The zero-order valence-corrected chi connectivity index (χ0v) is 11.7. The number of piperidine rings is 1. The fourth-order valence-corrected chi connectivity index (χ4v) is 2.52. The van der Waals surface area contributed by atoms with Crippen LogP contribution < -0.4 is 0 Å². The molecule has 1 aromatic rings. The van der Waals surface area contributed by atoms with Gasteiger partial charge in [-0.3, -0.25) is 4.79 Å². The van der Waals surface area contributed by atoms with Crippen molar-refractivity contribution < 1.29 is 18.7 Å². The molecule has 1 fully saturated rings. The molecule has 1 heterocycles. The number of hydrogen-bond donors (Lipinski definition) is 0. The molecule has 0 aliphatic carbocycles. The van der Waals surface area contributed by atoms with Crippen LogP contribution in [0.3, 0.4) is 0 Å². The van der Waals surface area contributed by atoms with E-state index in [1.165, 1.54) is 18.1 Å². The predicted octanol–water partition coefficient (Wildman–Crippen LogP) is 2.30. The Morgan fingerprint density at radius 1 is 1.35 bits per heavy atom. The molecule has 1 atom stereocenters. The molecular weight excluding hydrogens is 261 g/mol. The lowest BCUT2D eigenvalue weighted by Gasteiger charge is -2.33. The number of ether oxygens (including phenoxy) is 1. The first-order chi connectivity index (χ1) is 9.56. The van der Waals surface area contributed by atoms with Crippen LogP contribution in [0.1, 0.15) is 35.2 Å². The molecule has 5 heteroatoms. The van der Waals surface area contributed by atoms with Crippen molar-refractivity contribution in [2.24, 2.45) is 0 Å². The van der Waals surface area contributed by atoms with Gasteiger partial charge in [0.15, 0.2) is 0 Å². The summed E-state index contributed by atoms with van der Waals surface area (Å²) in [5.41, 5.74) is 0.434. The minimum absolute atomic E-state index is 0.0146. The highest BCUT2D eigenvalue weighted by atomic mass is 19.1. The lowest BCUT2D eigenvalue weighted by molar-refractivity contribution is -0.147. The van der Waals surface area contributed by atoms with Crippen molar-refractivity contribution >= 4 is 11.9 Å². The van der Waals surface area contributed by atoms with Gasteiger partial charge in [0.2, 0.25) is 0 Å². The first-order valence-electron chi connectivity index (χ1n) is 6.70. The van der Waals surface area contributed by atoms with E-state index >= 15 is 0 Å². The molecule has 108 valence electrons. The van der Waals surface area contributed by atoms with E-state index in [9.17, 15) is 14.0 Å². The summed E-state index contributed by atoms with van der Waals surface area (Å²) in [5.74, 6) is -1.40. The molecule has 1 aliphatic heterocycles. The monoisotopic (exact) mass is 279 g/mol. The zero-order chi connectivity index (χ0) is 14.7. The molecular formula is C15H18FNO3. The molecule has 2 rings (SSSR count). The Bertz CT molecular complexity index is 530. The van der Waals surface area contributed by atoms with Gasteiger partial charge >= 0.3 is 5.97 Å². The number of aryl methyl sites for hydroxylation is 1. The molecule has 1 saturated heterocycles. The number of hydrogen-bond acceptors (Lipinski definition) is 3. The van der Waals surface area contributed by atoms with Gasteiger partial charge in [-0.1, -0.05) is 12.1 Å². The van der Waals surface area contributed by atoms with Crippen LogP contribution in [0, 0.1) is 12.7 Å². The molecule has 1 amide bonds. The lowest BCUT2D eigenvalue weighted by Crippen LogP contribution is -2.48. The fourth-order valence-electron chi connectivity index (χ4n) is 2.52. The smallest absolute Gasteiger partial charge is 0.328 e. The van der Waals surface area contributed by atoms with Crippen molar-refractivity contribution in [3.63, 3.8) is 0 Å². The molecule has 20 heavy (non-hydrogen) atoms. The van der Waals surface area contributed by atoms with Crippen LogP contribution in [0.25, 0.3) is 0 Å². The Balaban J connectivity index is 2.30. The molecule has 0 unspecified atom stereocenters. The second kappa shape index (κ2) is 6.03. The summed E-state index contributed by atoms with van der Waals surface area (Å²) in [4.78, 5) is 25.7. The Labute approximate surface area is 117 Å². The summed E-state index contributed by atoms with van der Waals surface area (Å²) in [5, 5.41) is 0. The SMILES string of the molecule is COC(=O)[C@H]1CCCCN1C(=O)c1cccc(C)c1F. The Morgan fingerprint density at radius 3 is 2.80 bits per heavy atom. The molecule has 0 bridgehead atoms. The average molecular weight is 279 g/mol. The van der Waals surface area contributed by atoms with E-state index in [-0.39, 0.29) is 5.56 Å². The van der Waals surface area contributed by atoms with E-state index in [1.54, 1.807) is 19.1 Å². The summed E-state index contributed by atoms with van der Waals surface area (Å²) in [6.07, 6.45) is 2.23. The minimum atomic E-state index is -0.610. The highest BCUT2D eigenvalue weighted by Gasteiger charge is 2.34. The van der Waals surface area contributed by atoms with Gasteiger partial charge < -0.3 is 9.64 Å². The number of nitrogens with zero attached hydrogens (tertiary/aromatic N) is 1. The number of benzene rings is 1. The molecule has 0 saturated carbocycles. The maximum Gasteiger partial charge on any atom is 0.328 e. The number of methoxy groups -OCH3 is 1. The number of esters is 1. The summed E-state index contributed by atoms with van der Waals surface area (Å²) >= 11 is 0. The van der Waals surface area contributed by atoms with Crippen molar-refractivity contribution in [1.82, 2.24) is 4.90 Å². The number of amides is 1. The molecule has 0 radical (unpaired) electrons. The van der Waals surface area contributed by atoms with Crippen LogP contribution in [-0.4, -0.2) is 36.5 Å². The molecule has 0 aromatic heterocycles. The van der Waals surface area contributed by atoms with Crippen LogP contribution in [0.2, 0.25) is 0 Å². The normalized spacial score (nSPS) is 18.8. The first-order valence-corrected chi connectivity index (χ1v) is 6.70. The van der Waals surface area contributed by atoms with Crippen LogP contribution in [0.5, 0.6) is 0 Å². The summed E-state index contributed by atoms with van der Waals surface area (Å²) < 4.78 is 18.8. The van der Waals surface area contributed by atoms with Gasteiger partial charge in [0.05, 0.1) is 12.7 Å². The largest absolute Gasteiger partial charge is 0.467 e. The standard InChI is InChI=1S/C15H18FNO3/c1-10-6-5-7-11(13(10)16)14(18)17-9-4-3-8-12(17)15(19)20-2/h5-7,12H,3-4,8-9H2,1-2H3/t12-/m1/s1. The van der Waals surface area contributed by atoms with E-state index in [2.05, 4.69) is 0 Å². The lowest BCUT2D eigenvalue weighted by atomic mass is 10.00. The van der Waals surface area contributed by atoms with Gasteiger partial charge in [0, 0.05) is 6.54 Å². The third kappa shape index (κ3) is 2.66.